The molecule has 0 radical (unpaired) electrons. The number of hydrogen-bond donors (Lipinski definition) is 0. The first-order valence-corrected chi connectivity index (χ1v) is 22.3. The molecule has 1 unspecified atom stereocenters. The zero-order valence-corrected chi connectivity index (χ0v) is 35.7. The lowest BCUT2D eigenvalue weighted by molar-refractivity contribution is 0.714. The van der Waals surface area contributed by atoms with Gasteiger partial charge in [0.1, 0.15) is 0 Å². The topological polar surface area (TPSA) is 3.24 Å². The summed E-state index contributed by atoms with van der Waals surface area (Å²) < 4.78 is 0. The predicted molar refractivity (Wildman–Crippen MR) is 267 cm³/mol. The van der Waals surface area contributed by atoms with Gasteiger partial charge in [-0.05, 0) is 115 Å². The first kappa shape index (κ1) is 37.7. The molecule has 0 N–H and O–H groups in total. The van der Waals surface area contributed by atoms with E-state index in [1.165, 1.54) is 83.5 Å². The number of nitrogens with zero attached hydrogens (tertiary/aromatic N) is 1. The molecule has 1 heteroatoms. The molecule has 0 saturated heterocycles. The van der Waals surface area contributed by atoms with Crippen molar-refractivity contribution in [2.45, 2.75) is 17.8 Å². The average molecular weight is 816 g/mol. The SMILES string of the molecule is CC1(c2ccccc2)c2ccccc2-c2c(-c3ccc(N(c4ccc5c(c4)C(c4ccccc4)(c4ccccc4)c4ccccc4-5)c4ccccc4-c4ccccc4)cc3)cccc21. The minimum absolute atomic E-state index is 0.261. The van der Waals surface area contributed by atoms with E-state index in [1.807, 2.05) is 0 Å². The van der Waals surface area contributed by atoms with Gasteiger partial charge in [-0.3, -0.25) is 0 Å². The number of hydrogen-bond acceptors (Lipinski definition) is 1. The molecule has 1 atom stereocenters. The van der Waals surface area contributed by atoms with Crippen LogP contribution in [0.1, 0.15) is 45.9 Å². The van der Waals surface area contributed by atoms with E-state index in [4.69, 9.17) is 0 Å². The lowest BCUT2D eigenvalue weighted by Crippen LogP contribution is -2.28. The fraction of sp³-hybridized carbons (Fsp3) is 0.0476. The predicted octanol–water partition coefficient (Wildman–Crippen LogP) is 16.2. The van der Waals surface area contributed by atoms with Crippen LogP contribution in [0.4, 0.5) is 17.1 Å². The molecule has 10 aromatic carbocycles. The Morgan fingerprint density at radius 3 is 1.44 bits per heavy atom. The summed E-state index contributed by atoms with van der Waals surface area (Å²) in [6, 6.07) is 94.0. The second-order valence-corrected chi connectivity index (χ2v) is 17.3. The lowest BCUT2D eigenvalue weighted by atomic mass is 9.67. The molecule has 0 saturated carbocycles. The zero-order valence-electron chi connectivity index (χ0n) is 35.7. The molecule has 302 valence electrons. The van der Waals surface area contributed by atoms with Crippen LogP contribution in [-0.4, -0.2) is 0 Å². The Bertz CT molecular complexity index is 3280. The van der Waals surface area contributed by atoms with Gasteiger partial charge in [0, 0.05) is 22.4 Å². The Morgan fingerprint density at radius 1 is 0.297 bits per heavy atom. The quantitative estimate of drug-likeness (QED) is 0.148. The maximum atomic E-state index is 2.47. The second-order valence-electron chi connectivity index (χ2n) is 17.3. The van der Waals surface area contributed by atoms with Gasteiger partial charge in [-0.2, -0.15) is 0 Å². The molecule has 0 heterocycles. The molecule has 1 nitrogen and oxygen atoms in total. The van der Waals surface area contributed by atoms with Gasteiger partial charge in [-0.15, -0.1) is 0 Å². The van der Waals surface area contributed by atoms with Crippen LogP contribution in [0, 0.1) is 0 Å². The summed E-state index contributed by atoms with van der Waals surface area (Å²) in [7, 11) is 0. The monoisotopic (exact) mass is 815 g/mol. The highest BCUT2D eigenvalue weighted by atomic mass is 15.1. The van der Waals surface area contributed by atoms with Gasteiger partial charge >= 0.3 is 0 Å². The number of rotatable bonds is 8. The van der Waals surface area contributed by atoms with E-state index in [-0.39, 0.29) is 5.41 Å². The van der Waals surface area contributed by atoms with Crippen LogP contribution in [-0.2, 0) is 10.8 Å². The summed E-state index contributed by atoms with van der Waals surface area (Å²) in [5.74, 6) is 0. The third-order valence-corrected chi connectivity index (χ3v) is 14.1. The fourth-order valence-electron chi connectivity index (χ4n) is 11.2. The van der Waals surface area contributed by atoms with Crippen LogP contribution in [0.25, 0.3) is 44.5 Å². The number of fused-ring (bicyclic) bond motifs is 6. The molecule has 64 heavy (non-hydrogen) atoms. The molecule has 12 rings (SSSR count). The summed E-state index contributed by atoms with van der Waals surface area (Å²) in [6.45, 7) is 2.39. The maximum absolute atomic E-state index is 2.47. The molecule has 2 aliphatic rings. The number of para-hydroxylation sites is 1. The van der Waals surface area contributed by atoms with Gasteiger partial charge in [0.15, 0.2) is 0 Å². The minimum Gasteiger partial charge on any atom is -0.310 e. The third-order valence-electron chi connectivity index (χ3n) is 14.1. The Balaban J connectivity index is 1.06. The number of anilines is 3. The van der Waals surface area contributed by atoms with Crippen molar-refractivity contribution in [2.75, 3.05) is 4.90 Å². The minimum atomic E-state index is -0.517. The third kappa shape index (κ3) is 5.64. The normalized spacial score (nSPS) is 15.1. The second kappa shape index (κ2) is 15.1. The molecule has 2 aliphatic carbocycles. The highest BCUT2D eigenvalue weighted by molar-refractivity contribution is 5.96. The van der Waals surface area contributed by atoms with Gasteiger partial charge in [-0.25, -0.2) is 0 Å². The lowest BCUT2D eigenvalue weighted by Gasteiger charge is -2.35. The summed E-state index contributed by atoms with van der Waals surface area (Å²) in [4.78, 5) is 2.47. The van der Waals surface area contributed by atoms with E-state index < -0.39 is 5.41 Å². The molecule has 0 spiro atoms. The van der Waals surface area contributed by atoms with Crippen LogP contribution < -0.4 is 4.90 Å². The van der Waals surface area contributed by atoms with Crippen LogP contribution in [0.15, 0.2) is 255 Å². The Morgan fingerprint density at radius 2 is 0.766 bits per heavy atom. The Hall–Kier alpha value is -8.00. The molecule has 0 aromatic heterocycles. The van der Waals surface area contributed by atoms with Gasteiger partial charge in [0.25, 0.3) is 0 Å². The van der Waals surface area contributed by atoms with E-state index in [0.717, 1.165) is 17.1 Å². The highest BCUT2D eigenvalue weighted by Crippen LogP contribution is 2.58. The zero-order chi connectivity index (χ0) is 42.7. The van der Waals surface area contributed by atoms with Gasteiger partial charge < -0.3 is 4.90 Å². The molecule has 0 fully saturated rings. The van der Waals surface area contributed by atoms with Crippen molar-refractivity contribution < 1.29 is 0 Å². The van der Waals surface area contributed by atoms with E-state index in [9.17, 15) is 0 Å². The van der Waals surface area contributed by atoms with E-state index in [0.29, 0.717) is 0 Å². The first-order valence-electron chi connectivity index (χ1n) is 22.3. The van der Waals surface area contributed by atoms with Crippen LogP contribution in [0.3, 0.4) is 0 Å². The Kier molecular flexibility index (Phi) is 8.91. The van der Waals surface area contributed by atoms with Crippen LogP contribution in [0.5, 0.6) is 0 Å². The molecule has 0 aliphatic heterocycles. The van der Waals surface area contributed by atoms with Gasteiger partial charge in [0.2, 0.25) is 0 Å². The van der Waals surface area contributed by atoms with E-state index in [1.54, 1.807) is 0 Å². The molecule has 0 amide bonds. The number of benzene rings is 10. The molecular weight excluding hydrogens is 771 g/mol. The standard InChI is InChI=1S/C63H45N/c1-62(46-23-8-3-9-24-46)56-33-17-15-31-55(56)61-52(32-20-35-58(61)62)45-37-39-49(40-38-45)64(60-36-19-16-29-51(60)44-21-6-2-7-22-44)50-41-42-54-53-30-14-18-34-57(53)63(59(54)43-50,47-25-10-4-11-26-47)48-27-12-5-13-28-48/h2-43H,1H3. The summed E-state index contributed by atoms with van der Waals surface area (Å²) >= 11 is 0. The smallest absolute Gasteiger partial charge is 0.0714 e. The van der Waals surface area contributed by atoms with Crippen molar-refractivity contribution in [1.82, 2.24) is 0 Å². The van der Waals surface area contributed by atoms with Crippen molar-refractivity contribution in [3.63, 3.8) is 0 Å². The Labute approximate surface area is 376 Å². The average Bonchev–Trinajstić information content (AvgIpc) is 3.82. The van der Waals surface area contributed by atoms with E-state index >= 15 is 0 Å². The maximum Gasteiger partial charge on any atom is 0.0714 e. The molecule has 10 aromatic rings. The summed E-state index contributed by atoms with van der Waals surface area (Å²) in [5.41, 5.74) is 21.6. The van der Waals surface area contributed by atoms with Crippen molar-refractivity contribution in [1.29, 1.82) is 0 Å². The first-order chi connectivity index (χ1) is 31.7. The fourth-order valence-corrected chi connectivity index (χ4v) is 11.2. The van der Waals surface area contributed by atoms with Crippen molar-refractivity contribution in [3.8, 4) is 44.5 Å². The van der Waals surface area contributed by atoms with E-state index in [2.05, 4.69) is 267 Å². The summed E-state index contributed by atoms with van der Waals surface area (Å²) in [5, 5.41) is 0. The summed E-state index contributed by atoms with van der Waals surface area (Å²) in [6.07, 6.45) is 0. The van der Waals surface area contributed by atoms with Crippen molar-refractivity contribution >= 4 is 17.1 Å². The molecular formula is C63H45N. The van der Waals surface area contributed by atoms with Crippen molar-refractivity contribution in [3.05, 3.63) is 294 Å². The molecule has 0 bridgehead atoms. The van der Waals surface area contributed by atoms with Crippen LogP contribution in [0.2, 0.25) is 0 Å². The highest BCUT2D eigenvalue weighted by Gasteiger charge is 2.46. The van der Waals surface area contributed by atoms with Gasteiger partial charge in [0.05, 0.1) is 11.1 Å². The largest absolute Gasteiger partial charge is 0.310 e. The van der Waals surface area contributed by atoms with Crippen molar-refractivity contribution in [2.24, 2.45) is 0 Å². The van der Waals surface area contributed by atoms with Crippen LogP contribution >= 0.6 is 0 Å². The van der Waals surface area contributed by atoms with Gasteiger partial charge in [-0.1, -0.05) is 224 Å².